The van der Waals surface area contributed by atoms with Crippen molar-refractivity contribution in [3.05, 3.63) is 29.3 Å². The van der Waals surface area contributed by atoms with Crippen LogP contribution < -0.4 is 10.5 Å². The Morgan fingerprint density at radius 3 is 2.53 bits per heavy atom. The summed E-state index contributed by atoms with van der Waals surface area (Å²) in [6.45, 7) is 6.42. The van der Waals surface area contributed by atoms with Crippen LogP contribution in [0.3, 0.4) is 0 Å². The zero-order valence-corrected chi connectivity index (χ0v) is 11.3. The van der Waals surface area contributed by atoms with Crippen LogP contribution in [0.5, 0.6) is 0 Å². The molecule has 3 N–H and O–H groups in total. The van der Waals surface area contributed by atoms with E-state index >= 15 is 0 Å². The summed E-state index contributed by atoms with van der Waals surface area (Å²) in [7, 11) is -3.44. The van der Waals surface area contributed by atoms with Crippen molar-refractivity contribution in [1.82, 2.24) is 4.72 Å². The van der Waals surface area contributed by atoms with Gasteiger partial charge in [-0.2, -0.15) is 0 Å². The molecule has 0 radical (unpaired) electrons. The normalized spacial score (nSPS) is 12.1. The van der Waals surface area contributed by atoms with Gasteiger partial charge in [0.25, 0.3) is 0 Å². The van der Waals surface area contributed by atoms with Crippen molar-refractivity contribution in [3.8, 4) is 0 Å². The van der Waals surface area contributed by atoms with Crippen LogP contribution in [0.2, 0.25) is 0 Å². The number of rotatable bonds is 5. The van der Waals surface area contributed by atoms with Crippen molar-refractivity contribution in [2.45, 2.75) is 31.6 Å². The lowest BCUT2D eigenvalue weighted by Gasteiger charge is -2.12. The molecule has 1 aromatic carbocycles. The van der Waals surface area contributed by atoms with Gasteiger partial charge in [0.1, 0.15) is 0 Å². The number of hydrogen-bond donors (Lipinski definition) is 2. The molecule has 0 aliphatic rings. The summed E-state index contributed by atoms with van der Waals surface area (Å²) in [6, 6.07) is 5.53. The minimum atomic E-state index is -3.44. The van der Waals surface area contributed by atoms with Crippen LogP contribution in [0.25, 0.3) is 0 Å². The van der Waals surface area contributed by atoms with Gasteiger partial charge in [0.05, 0.1) is 4.90 Å². The predicted octanol–water partition coefficient (Wildman–Crippen LogP) is 1.36. The maximum absolute atomic E-state index is 12.0. The fourth-order valence-corrected chi connectivity index (χ4v) is 2.86. The van der Waals surface area contributed by atoms with E-state index in [2.05, 4.69) is 4.72 Å². The van der Waals surface area contributed by atoms with Gasteiger partial charge in [0.2, 0.25) is 10.0 Å². The second-order valence-electron chi connectivity index (χ2n) is 4.37. The molecule has 17 heavy (non-hydrogen) atoms. The standard InChI is InChI=1S/C12H20N2O2S/c1-9(2)11-5-4-10(3)12(8-11)17(15,16)14-7-6-13/h4-5,8-9,14H,6-7,13H2,1-3H3. The van der Waals surface area contributed by atoms with E-state index < -0.39 is 10.0 Å². The summed E-state index contributed by atoms with van der Waals surface area (Å²) in [6.07, 6.45) is 0. The first-order chi connectivity index (χ1) is 7.88. The molecule has 4 nitrogen and oxygen atoms in total. The molecule has 0 heterocycles. The second-order valence-corrected chi connectivity index (χ2v) is 6.10. The first-order valence-electron chi connectivity index (χ1n) is 5.68. The van der Waals surface area contributed by atoms with Gasteiger partial charge in [-0.15, -0.1) is 0 Å². The average Bonchev–Trinajstić information content (AvgIpc) is 2.26. The van der Waals surface area contributed by atoms with E-state index in [-0.39, 0.29) is 6.54 Å². The van der Waals surface area contributed by atoms with E-state index in [1.807, 2.05) is 26.0 Å². The third-order valence-electron chi connectivity index (χ3n) is 2.60. The van der Waals surface area contributed by atoms with Gasteiger partial charge in [-0.1, -0.05) is 26.0 Å². The quantitative estimate of drug-likeness (QED) is 0.835. The first kappa shape index (κ1) is 14.2. The third kappa shape index (κ3) is 3.52. The van der Waals surface area contributed by atoms with E-state index in [0.29, 0.717) is 17.4 Å². The second kappa shape index (κ2) is 5.62. The van der Waals surface area contributed by atoms with Crippen molar-refractivity contribution in [3.63, 3.8) is 0 Å². The third-order valence-corrected chi connectivity index (χ3v) is 4.21. The highest BCUT2D eigenvalue weighted by atomic mass is 32.2. The van der Waals surface area contributed by atoms with Crippen molar-refractivity contribution >= 4 is 10.0 Å². The minimum Gasteiger partial charge on any atom is -0.329 e. The van der Waals surface area contributed by atoms with Crippen LogP contribution in [0.1, 0.15) is 30.9 Å². The van der Waals surface area contributed by atoms with Crippen LogP contribution in [-0.2, 0) is 10.0 Å². The van der Waals surface area contributed by atoms with Gasteiger partial charge in [0, 0.05) is 13.1 Å². The molecular formula is C12H20N2O2S. The molecular weight excluding hydrogens is 236 g/mol. The average molecular weight is 256 g/mol. The topological polar surface area (TPSA) is 72.2 Å². The van der Waals surface area contributed by atoms with Crippen molar-refractivity contribution in [2.75, 3.05) is 13.1 Å². The Labute approximate surface area is 103 Å². The Kier molecular flexibility index (Phi) is 4.68. The molecule has 0 saturated heterocycles. The number of sulfonamides is 1. The van der Waals surface area contributed by atoms with E-state index in [9.17, 15) is 8.42 Å². The fraction of sp³-hybridized carbons (Fsp3) is 0.500. The first-order valence-corrected chi connectivity index (χ1v) is 7.17. The van der Waals surface area contributed by atoms with Crippen LogP contribution in [-0.4, -0.2) is 21.5 Å². The van der Waals surface area contributed by atoms with Gasteiger partial charge in [0.15, 0.2) is 0 Å². The Morgan fingerprint density at radius 2 is 2.00 bits per heavy atom. The monoisotopic (exact) mass is 256 g/mol. The van der Waals surface area contributed by atoms with Crippen molar-refractivity contribution < 1.29 is 8.42 Å². The van der Waals surface area contributed by atoms with Gasteiger partial charge in [-0.3, -0.25) is 0 Å². The highest BCUT2D eigenvalue weighted by Crippen LogP contribution is 2.21. The molecule has 0 spiro atoms. The summed E-state index contributed by atoms with van der Waals surface area (Å²) >= 11 is 0. The Balaban J connectivity index is 3.16. The lowest BCUT2D eigenvalue weighted by atomic mass is 10.0. The lowest BCUT2D eigenvalue weighted by molar-refractivity contribution is 0.581. The number of benzene rings is 1. The molecule has 96 valence electrons. The zero-order valence-electron chi connectivity index (χ0n) is 10.5. The van der Waals surface area contributed by atoms with E-state index in [1.54, 1.807) is 13.0 Å². The Bertz CT molecular complexity index is 481. The number of aryl methyl sites for hydroxylation is 1. The SMILES string of the molecule is Cc1ccc(C(C)C)cc1S(=O)(=O)NCCN. The van der Waals surface area contributed by atoms with Crippen molar-refractivity contribution in [1.29, 1.82) is 0 Å². The van der Waals surface area contributed by atoms with E-state index in [4.69, 9.17) is 5.73 Å². The van der Waals surface area contributed by atoms with Crippen LogP contribution in [0.4, 0.5) is 0 Å². The smallest absolute Gasteiger partial charge is 0.240 e. The van der Waals surface area contributed by atoms with Gasteiger partial charge in [-0.05, 0) is 30.0 Å². The molecule has 0 fully saturated rings. The zero-order chi connectivity index (χ0) is 13.1. The van der Waals surface area contributed by atoms with Crippen molar-refractivity contribution in [2.24, 2.45) is 5.73 Å². The molecule has 0 bridgehead atoms. The summed E-state index contributed by atoms with van der Waals surface area (Å²) in [5, 5.41) is 0. The van der Waals surface area contributed by atoms with Gasteiger partial charge >= 0.3 is 0 Å². The molecule has 0 aliphatic heterocycles. The van der Waals surface area contributed by atoms with E-state index in [0.717, 1.165) is 11.1 Å². The molecule has 0 amide bonds. The fourth-order valence-electron chi connectivity index (χ4n) is 1.54. The maximum Gasteiger partial charge on any atom is 0.240 e. The number of nitrogens with one attached hydrogen (secondary N) is 1. The minimum absolute atomic E-state index is 0.258. The summed E-state index contributed by atoms with van der Waals surface area (Å²) in [5.74, 6) is 0.305. The molecule has 0 unspecified atom stereocenters. The van der Waals surface area contributed by atoms with Gasteiger partial charge in [-0.25, -0.2) is 13.1 Å². The van der Waals surface area contributed by atoms with Gasteiger partial charge < -0.3 is 5.73 Å². The van der Waals surface area contributed by atoms with Crippen LogP contribution in [0, 0.1) is 6.92 Å². The highest BCUT2D eigenvalue weighted by Gasteiger charge is 2.17. The molecule has 1 aromatic rings. The number of nitrogens with two attached hydrogens (primary N) is 1. The van der Waals surface area contributed by atoms with Crippen LogP contribution >= 0.6 is 0 Å². The molecule has 0 aliphatic carbocycles. The summed E-state index contributed by atoms with van der Waals surface area (Å²) < 4.78 is 26.5. The summed E-state index contributed by atoms with van der Waals surface area (Å²) in [4.78, 5) is 0.345. The number of hydrogen-bond acceptors (Lipinski definition) is 3. The molecule has 0 atom stereocenters. The maximum atomic E-state index is 12.0. The molecule has 0 saturated carbocycles. The molecule has 5 heteroatoms. The highest BCUT2D eigenvalue weighted by molar-refractivity contribution is 7.89. The molecule has 1 rings (SSSR count). The van der Waals surface area contributed by atoms with E-state index in [1.165, 1.54) is 0 Å². The van der Waals surface area contributed by atoms with Crippen LogP contribution in [0.15, 0.2) is 23.1 Å². The predicted molar refractivity (Wildman–Crippen MR) is 69.5 cm³/mol. The largest absolute Gasteiger partial charge is 0.329 e. The molecule has 0 aromatic heterocycles. The lowest BCUT2D eigenvalue weighted by Crippen LogP contribution is -2.29. The Morgan fingerprint density at radius 1 is 1.35 bits per heavy atom. The Hall–Kier alpha value is -0.910. The summed E-state index contributed by atoms with van der Waals surface area (Å²) in [5.41, 5.74) is 7.07.